The quantitative estimate of drug-likeness (QED) is 0.225. The predicted molar refractivity (Wildman–Crippen MR) is 142 cm³/mol. The van der Waals surface area contributed by atoms with E-state index in [0.29, 0.717) is 22.2 Å². The van der Waals surface area contributed by atoms with Crippen molar-refractivity contribution in [2.75, 3.05) is 4.90 Å². The van der Waals surface area contributed by atoms with Crippen molar-refractivity contribution in [3.8, 4) is 0 Å². The maximum atomic E-state index is 13.5. The number of imide groups is 1. The van der Waals surface area contributed by atoms with E-state index in [4.69, 9.17) is 34.8 Å². The first-order chi connectivity index (χ1) is 17.7. The third-order valence-electron chi connectivity index (χ3n) is 8.13. The summed E-state index contributed by atoms with van der Waals surface area (Å²) in [4.78, 5) is 46.3. The molecule has 0 radical (unpaired) electrons. The van der Waals surface area contributed by atoms with E-state index in [-0.39, 0.29) is 78.7 Å². The summed E-state index contributed by atoms with van der Waals surface area (Å²) in [6.07, 6.45) is 4.93. The van der Waals surface area contributed by atoms with Crippen molar-refractivity contribution in [2.45, 2.75) is 13.3 Å². The summed E-state index contributed by atoms with van der Waals surface area (Å²) in [7, 11) is 0. The Labute approximate surface area is 226 Å². The van der Waals surface area contributed by atoms with Gasteiger partial charge in [-0.05, 0) is 42.9 Å². The van der Waals surface area contributed by atoms with Gasteiger partial charge in [0.15, 0.2) is 0 Å². The van der Waals surface area contributed by atoms with E-state index in [1.54, 1.807) is 31.2 Å². The van der Waals surface area contributed by atoms with Gasteiger partial charge in [0, 0.05) is 10.9 Å². The van der Waals surface area contributed by atoms with Crippen LogP contribution in [-0.2, 0) is 9.59 Å². The van der Waals surface area contributed by atoms with Crippen LogP contribution < -0.4 is 4.90 Å². The number of Topliss-reactive ketones (excluding diaryl/α,β-unsaturated/α-hetero) is 1. The zero-order chi connectivity index (χ0) is 25.9. The first kappa shape index (κ1) is 23.0. The summed E-state index contributed by atoms with van der Waals surface area (Å²) in [5, 5.41) is 12.1. The first-order valence-electron chi connectivity index (χ1n) is 11.8. The minimum absolute atomic E-state index is 0.00892. The molecular formula is C28H17Cl3N2O4. The van der Waals surface area contributed by atoms with E-state index in [1.165, 1.54) is 4.90 Å². The highest BCUT2D eigenvalue weighted by molar-refractivity contribution is 6.51. The minimum atomic E-state index is -0.559. The maximum Gasteiger partial charge on any atom is 0.238 e. The number of aromatic nitrogens is 1. The maximum absolute atomic E-state index is 13.5. The van der Waals surface area contributed by atoms with Crippen molar-refractivity contribution in [3.63, 3.8) is 0 Å². The van der Waals surface area contributed by atoms with Crippen LogP contribution in [0, 0.1) is 30.6 Å². The molecule has 0 spiro atoms. The standard InChI is InChI=1S/C28H17Cl3N2O4/c1-10-21(29)19-20(23(31)22(10)30)26(35)18(25(19)34)14-8-7-11-3-2-4-15(24(11)32-14)33-27(36)16-12-5-6-13(9-12)17(16)28(33)37/h2-8,12-13,16-17,34H,9H2,1H3. The van der Waals surface area contributed by atoms with Gasteiger partial charge in [-0.3, -0.25) is 14.4 Å². The second-order valence-corrected chi connectivity index (χ2v) is 11.1. The number of amides is 2. The smallest absolute Gasteiger partial charge is 0.238 e. The Hall–Kier alpha value is -3.19. The molecule has 9 heteroatoms. The van der Waals surface area contributed by atoms with Crippen LogP contribution in [0.4, 0.5) is 5.69 Å². The summed E-state index contributed by atoms with van der Waals surface area (Å²) < 4.78 is 0. The van der Waals surface area contributed by atoms with Crippen molar-refractivity contribution in [2.24, 2.45) is 23.7 Å². The van der Waals surface area contributed by atoms with Crippen LogP contribution in [0.2, 0.25) is 15.1 Å². The molecule has 37 heavy (non-hydrogen) atoms. The Morgan fingerprint density at radius 3 is 2.24 bits per heavy atom. The minimum Gasteiger partial charge on any atom is -0.506 e. The lowest BCUT2D eigenvalue weighted by Gasteiger charge is -2.19. The molecule has 1 aliphatic heterocycles. The van der Waals surface area contributed by atoms with E-state index >= 15 is 0 Å². The number of hydrogen-bond donors (Lipinski definition) is 1. The number of pyridine rings is 1. The molecule has 4 atom stereocenters. The molecule has 184 valence electrons. The third-order valence-corrected chi connectivity index (χ3v) is 9.55. The molecule has 3 aromatic rings. The Kier molecular flexibility index (Phi) is 4.76. The van der Waals surface area contributed by atoms with Crippen LogP contribution in [0.15, 0.2) is 42.5 Å². The summed E-state index contributed by atoms with van der Waals surface area (Å²) in [5.41, 5.74) is 1.41. The molecule has 1 aromatic heterocycles. The lowest BCUT2D eigenvalue weighted by molar-refractivity contribution is -0.123. The Morgan fingerprint density at radius 2 is 1.57 bits per heavy atom. The molecule has 2 heterocycles. The first-order valence-corrected chi connectivity index (χ1v) is 13.0. The van der Waals surface area contributed by atoms with Crippen LogP contribution in [-0.4, -0.2) is 27.7 Å². The van der Waals surface area contributed by atoms with Crippen LogP contribution in [0.3, 0.4) is 0 Å². The summed E-state index contributed by atoms with van der Waals surface area (Å²) in [6.45, 7) is 1.65. The number of carbonyl (C=O) groups excluding carboxylic acids is 3. The van der Waals surface area contributed by atoms with Gasteiger partial charge in [0.2, 0.25) is 17.6 Å². The monoisotopic (exact) mass is 550 g/mol. The highest BCUT2D eigenvalue weighted by Crippen LogP contribution is 2.54. The highest BCUT2D eigenvalue weighted by Gasteiger charge is 2.59. The molecule has 2 bridgehead atoms. The van der Waals surface area contributed by atoms with E-state index in [2.05, 4.69) is 4.98 Å². The van der Waals surface area contributed by atoms with Crippen LogP contribution in [0.25, 0.3) is 22.2 Å². The van der Waals surface area contributed by atoms with E-state index < -0.39 is 5.78 Å². The molecule has 3 aliphatic carbocycles. The van der Waals surface area contributed by atoms with E-state index in [0.717, 1.165) is 6.42 Å². The third kappa shape index (κ3) is 2.84. The van der Waals surface area contributed by atoms with Crippen molar-refractivity contribution in [3.05, 3.63) is 79.9 Å². The highest BCUT2D eigenvalue weighted by atomic mass is 35.5. The number of aliphatic hydroxyl groups excluding tert-OH is 1. The molecule has 6 nitrogen and oxygen atoms in total. The van der Waals surface area contributed by atoms with E-state index in [9.17, 15) is 19.5 Å². The van der Waals surface area contributed by atoms with Gasteiger partial charge in [-0.15, -0.1) is 0 Å². The van der Waals surface area contributed by atoms with Crippen LogP contribution >= 0.6 is 34.8 Å². The number of ketones is 1. The molecule has 4 unspecified atom stereocenters. The van der Waals surface area contributed by atoms with Gasteiger partial charge in [-0.1, -0.05) is 65.2 Å². The van der Waals surface area contributed by atoms with Gasteiger partial charge in [-0.2, -0.15) is 0 Å². The van der Waals surface area contributed by atoms with Gasteiger partial charge in [0.25, 0.3) is 0 Å². The number of aliphatic hydroxyl groups is 1. The van der Waals surface area contributed by atoms with Crippen molar-refractivity contribution in [1.82, 2.24) is 4.98 Å². The average molecular weight is 552 g/mol. The molecule has 2 fully saturated rings. The molecule has 1 N–H and O–H groups in total. The van der Waals surface area contributed by atoms with Crippen molar-refractivity contribution < 1.29 is 19.5 Å². The number of anilines is 1. The molecular weight excluding hydrogens is 535 g/mol. The number of fused-ring (bicyclic) bond motifs is 7. The second-order valence-electron chi connectivity index (χ2n) is 9.93. The lowest BCUT2D eigenvalue weighted by Crippen LogP contribution is -2.33. The number of benzene rings is 2. The predicted octanol–water partition coefficient (Wildman–Crippen LogP) is 6.44. The molecule has 2 amide bonds. The van der Waals surface area contributed by atoms with Crippen LogP contribution in [0.1, 0.15) is 33.6 Å². The fourth-order valence-corrected chi connectivity index (χ4v) is 7.24. The zero-order valence-corrected chi connectivity index (χ0v) is 21.5. The molecule has 2 aromatic carbocycles. The van der Waals surface area contributed by atoms with Gasteiger partial charge in [0.1, 0.15) is 5.76 Å². The number of halogens is 3. The molecule has 1 saturated carbocycles. The molecule has 7 rings (SSSR count). The Morgan fingerprint density at radius 1 is 0.892 bits per heavy atom. The fraction of sp³-hybridized carbons (Fsp3) is 0.214. The average Bonchev–Trinajstić information content (AvgIpc) is 3.63. The van der Waals surface area contributed by atoms with Crippen LogP contribution in [0.5, 0.6) is 0 Å². The Balaban J connectivity index is 1.38. The Bertz CT molecular complexity index is 1680. The van der Waals surface area contributed by atoms with Gasteiger partial charge < -0.3 is 5.11 Å². The van der Waals surface area contributed by atoms with E-state index in [1.807, 2.05) is 18.2 Å². The number of nitrogens with zero attached hydrogens (tertiary/aromatic N) is 2. The summed E-state index contributed by atoms with van der Waals surface area (Å²) in [5.74, 6) is -1.89. The zero-order valence-electron chi connectivity index (χ0n) is 19.3. The normalized spacial score (nSPS) is 25.7. The topological polar surface area (TPSA) is 87.6 Å². The van der Waals surface area contributed by atoms with Gasteiger partial charge >= 0.3 is 0 Å². The summed E-state index contributed by atoms with van der Waals surface area (Å²) in [6, 6.07) is 8.59. The lowest BCUT2D eigenvalue weighted by atomic mass is 9.85. The van der Waals surface area contributed by atoms with Gasteiger partial charge in [0.05, 0.1) is 54.9 Å². The van der Waals surface area contributed by atoms with Crippen molar-refractivity contribution >= 4 is 80.3 Å². The van der Waals surface area contributed by atoms with Crippen molar-refractivity contribution in [1.29, 1.82) is 0 Å². The largest absolute Gasteiger partial charge is 0.506 e. The fourth-order valence-electron chi connectivity index (χ4n) is 6.40. The number of rotatable bonds is 2. The summed E-state index contributed by atoms with van der Waals surface area (Å²) >= 11 is 19.1. The number of allylic oxidation sites excluding steroid dienone is 3. The number of hydrogen-bond acceptors (Lipinski definition) is 5. The molecule has 1 saturated heterocycles. The number of para-hydroxylation sites is 1. The number of carbonyl (C=O) groups is 3. The SMILES string of the molecule is Cc1c(Cl)c(Cl)c2c(c1Cl)C(O)=C(c1ccc3cccc(N4C(=O)C5C6C=CC(C6)C5C4=O)c3n1)C2=O. The van der Waals surface area contributed by atoms with Gasteiger partial charge in [-0.25, -0.2) is 9.88 Å². The molecule has 4 aliphatic rings. The second kappa shape index (κ2) is 7.67.